The van der Waals surface area contributed by atoms with Gasteiger partial charge in [-0.3, -0.25) is 9.89 Å². The van der Waals surface area contributed by atoms with Gasteiger partial charge in [0.1, 0.15) is 0 Å². The van der Waals surface area contributed by atoms with Crippen molar-refractivity contribution in [3.63, 3.8) is 0 Å². The van der Waals surface area contributed by atoms with Crippen LogP contribution in [0.3, 0.4) is 0 Å². The topological polar surface area (TPSA) is 73.8 Å². The Morgan fingerprint density at radius 3 is 2.74 bits per heavy atom. The number of likely N-dealkylation sites (tertiary alicyclic amines) is 1. The monoisotopic (exact) mass is 344 g/mol. The second kappa shape index (κ2) is 8.33. The van der Waals surface area contributed by atoms with Gasteiger partial charge < -0.3 is 10.6 Å². The number of hydrogen-bond donors (Lipinski definition) is 2. The molecular formula is C16H32N4O2S. The first-order valence-corrected chi connectivity index (χ1v) is 10.7. The lowest BCUT2D eigenvalue weighted by molar-refractivity contribution is 0.231. The number of aliphatic imine (C=N–C) groups is 1. The molecule has 2 fully saturated rings. The highest BCUT2D eigenvalue weighted by Crippen LogP contribution is 2.19. The van der Waals surface area contributed by atoms with Gasteiger partial charge >= 0.3 is 0 Å². The van der Waals surface area contributed by atoms with Crippen molar-refractivity contribution in [3.05, 3.63) is 0 Å². The molecule has 2 rings (SSSR count). The Labute approximate surface area is 141 Å². The van der Waals surface area contributed by atoms with E-state index in [1.807, 2.05) is 6.92 Å². The number of rotatable bonds is 6. The van der Waals surface area contributed by atoms with Crippen LogP contribution >= 0.6 is 0 Å². The Bertz CT molecular complexity index is 504. The molecule has 134 valence electrons. The van der Waals surface area contributed by atoms with E-state index >= 15 is 0 Å². The summed E-state index contributed by atoms with van der Waals surface area (Å²) in [4.78, 5) is 7.26. The number of guanidine groups is 1. The highest BCUT2D eigenvalue weighted by molar-refractivity contribution is 7.91. The summed E-state index contributed by atoms with van der Waals surface area (Å²) in [6.45, 7) is 10.4. The van der Waals surface area contributed by atoms with Crippen molar-refractivity contribution < 1.29 is 8.42 Å². The maximum Gasteiger partial charge on any atom is 0.191 e. The molecule has 1 unspecified atom stereocenters. The van der Waals surface area contributed by atoms with Crippen LogP contribution in [0.5, 0.6) is 0 Å². The highest BCUT2D eigenvalue weighted by Gasteiger charge is 2.29. The van der Waals surface area contributed by atoms with Crippen molar-refractivity contribution in [2.75, 3.05) is 37.7 Å². The van der Waals surface area contributed by atoms with Crippen molar-refractivity contribution in [1.82, 2.24) is 15.5 Å². The molecule has 2 atom stereocenters. The largest absolute Gasteiger partial charge is 0.357 e. The Morgan fingerprint density at radius 1 is 1.35 bits per heavy atom. The molecule has 7 heteroatoms. The van der Waals surface area contributed by atoms with Crippen molar-refractivity contribution in [2.24, 2.45) is 10.9 Å². The maximum absolute atomic E-state index is 11.6. The Balaban J connectivity index is 1.90. The number of nitrogens with one attached hydrogen (secondary N) is 2. The molecule has 2 aliphatic rings. The van der Waals surface area contributed by atoms with E-state index in [9.17, 15) is 8.42 Å². The second-order valence-electron chi connectivity index (χ2n) is 7.15. The average molecular weight is 345 g/mol. The minimum Gasteiger partial charge on any atom is -0.357 e. The van der Waals surface area contributed by atoms with E-state index < -0.39 is 9.84 Å². The van der Waals surface area contributed by atoms with Gasteiger partial charge in [0.2, 0.25) is 0 Å². The standard InChI is InChI=1S/C16H32N4O2S/c1-4-17-16(19-14-7-9-23(21,22)12-14)18-10-15-6-5-8-20(15)11-13(2)3/h13-15H,4-12H2,1-3H3,(H2,17,18,19)/t14?,15-/m1/s1. The molecule has 6 nitrogen and oxygen atoms in total. The van der Waals surface area contributed by atoms with E-state index in [1.165, 1.54) is 19.4 Å². The molecule has 0 spiro atoms. The van der Waals surface area contributed by atoms with Gasteiger partial charge in [0.15, 0.2) is 15.8 Å². The lowest BCUT2D eigenvalue weighted by Crippen LogP contribution is -2.45. The van der Waals surface area contributed by atoms with Crippen LogP contribution in [-0.2, 0) is 9.84 Å². The van der Waals surface area contributed by atoms with Crippen molar-refractivity contribution >= 4 is 15.8 Å². The van der Waals surface area contributed by atoms with Gasteiger partial charge in [-0.2, -0.15) is 0 Å². The lowest BCUT2D eigenvalue weighted by Gasteiger charge is -2.25. The second-order valence-corrected chi connectivity index (χ2v) is 9.38. The minimum absolute atomic E-state index is 0.00635. The Morgan fingerprint density at radius 2 is 2.13 bits per heavy atom. The van der Waals surface area contributed by atoms with Crippen LogP contribution in [0.4, 0.5) is 0 Å². The fraction of sp³-hybridized carbons (Fsp3) is 0.938. The lowest BCUT2D eigenvalue weighted by atomic mass is 10.2. The Kier molecular flexibility index (Phi) is 6.71. The quantitative estimate of drug-likeness (QED) is 0.552. The number of hydrogen-bond acceptors (Lipinski definition) is 4. The van der Waals surface area contributed by atoms with Gasteiger partial charge in [-0.1, -0.05) is 13.8 Å². The molecule has 23 heavy (non-hydrogen) atoms. The fourth-order valence-electron chi connectivity index (χ4n) is 3.43. The van der Waals surface area contributed by atoms with Gasteiger partial charge in [0.05, 0.1) is 18.1 Å². The molecule has 2 heterocycles. The fourth-order valence-corrected chi connectivity index (χ4v) is 5.10. The minimum atomic E-state index is -2.86. The van der Waals surface area contributed by atoms with E-state index in [1.54, 1.807) is 0 Å². The molecule has 0 bridgehead atoms. The van der Waals surface area contributed by atoms with Crippen LogP contribution in [0.25, 0.3) is 0 Å². The molecule has 0 saturated carbocycles. The van der Waals surface area contributed by atoms with Crippen LogP contribution < -0.4 is 10.6 Å². The zero-order chi connectivity index (χ0) is 16.9. The number of sulfone groups is 1. The first-order valence-electron chi connectivity index (χ1n) is 8.89. The zero-order valence-corrected chi connectivity index (χ0v) is 15.5. The molecule has 0 aromatic rings. The molecule has 0 amide bonds. The third-order valence-corrected chi connectivity index (χ3v) is 6.24. The summed E-state index contributed by atoms with van der Waals surface area (Å²) in [5.41, 5.74) is 0. The molecule has 0 radical (unpaired) electrons. The summed E-state index contributed by atoms with van der Waals surface area (Å²) < 4.78 is 23.2. The summed E-state index contributed by atoms with van der Waals surface area (Å²) in [7, 11) is -2.86. The van der Waals surface area contributed by atoms with E-state index in [2.05, 4.69) is 29.4 Å². The van der Waals surface area contributed by atoms with Gasteiger partial charge in [-0.15, -0.1) is 0 Å². The Hall–Kier alpha value is -0.820. The third-order valence-electron chi connectivity index (χ3n) is 4.48. The van der Waals surface area contributed by atoms with Crippen LogP contribution in [0, 0.1) is 5.92 Å². The first-order chi connectivity index (χ1) is 10.9. The number of nitrogens with zero attached hydrogens (tertiary/aromatic N) is 2. The SMILES string of the molecule is CCNC(=NC[C@H]1CCCN1CC(C)C)NC1CCS(=O)(=O)C1. The summed E-state index contributed by atoms with van der Waals surface area (Å²) in [5, 5.41) is 6.54. The van der Waals surface area contributed by atoms with Gasteiger partial charge in [0, 0.05) is 25.2 Å². The van der Waals surface area contributed by atoms with E-state index in [0.717, 1.165) is 25.6 Å². The van der Waals surface area contributed by atoms with Crippen LogP contribution in [-0.4, -0.2) is 69.0 Å². The molecule has 0 aliphatic carbocycles. The highest BCUT2D eigenvalue weighted by atomic mass is 32.2. The summed E-state index contributed by atoms with van der Waals surface area (Å²) >= 11 is 0. The smallest absolute Gasteiger partial charge is 0.191 e. The van der Waals surface area contributed by atoms with Crippen LogP contribution in [0.2, 0.25) is 0 Å². The van der Waals surface area contributed by atoms with Crippen LogP contribution in [0.15, 0.2) is 4.99 Å². The van der Waals surface area contributed by atoms with E-state index in [0.29, 0.717) is 18.4 Å². The zero-order valence-electron chi connectivity index (χ0n) is 14.7. The molecule has 0 aromatic carbocycles. The van der Waals surface area contributed by atoms with E-state index in [4.69, 9.17) is 4.99 Å². The van der Waals surface area contributed by atoms with Crippen molar-refractivity contribution in [3.8, 4) is 0 Å². The normalized spacial score (nSPS) is 28.4. The first kappa shape index (κ1) is 18.5. The molecule has 2 aliphatic heterocycles. The molecule has 0 aromatic heterocycles. The van der Waals surface area contributed by atoms with Gasteiger partial charge in [-0.25, -0.2) is 8.42 Å². The third kappa shape index (κ3) is 5.95. The van der Waals surface area contributed by atoms with Crippen molar-refractivity contribution in [2.45, 2.75) is 52.1 Å². The molecule has 2 N–H and O–H groups in total. The maximum atomic E-state index is 11.6. The predicted molar refractivity (Wildman–Crippen MR) is 95.6 cm³/mol. The van der Waals surface area contributed by atoms with E-state index in [-0.39, 0.29) is 17.5 Å². The van der Waals surface area contributed by atoms with Crippen molar-refractivity contribution in [1.29, 1.82) is 0 Å². The average Bonchev–Trinajstić information content (AvgIpc) is 3.02. The predicted octanol–water partition coefficient (Wildman–Crippen LogP) is 0.849. The van der Waals surface area contributed by atoms with Gasteiger partial charge in [-0.05, 0) is 38.6 Å². The summed E-state index contributed by atoms with van der Waals surface area (Å²) in [6.07, 6.45) is 3.13. The summed E-state index contributed by atoms with van der Waals surface area (Å²) in [6, 6.07) is 0.508. The summed E-state index contributed by atoms with van der Waals surface area (Å²) in [5.74, 6) is 1.94. The molecule has 2 saturated heterocycles. The molecular weight excluding hydrogens is 312 g/mol. The van der Waals surface area contributed by atoms with Gasteiger partial charge in [0.25, 0.3) is 0 Å². The van der Waals surface area contributed by atoms with Crippen LogP contribution in [0.1, 0.15) is 40.0 Å².